The number of alkyl halides is 3. The zero-order chi connectivity index (χ0) is 23.5. The van der Waals surface area contributed by atoms with Crippen molar-refractivity contribution in [3.05, 3.63) is 24.0 Å². The predicted molar refractivity (Wildman–Crippen MR) is 112 cm³/mol. The van der Waals surface area contributed by atoms with Gasteiger partial charge >= 0.3 is 12.5 Å². The third-order valence-electron chi connectivity index (χ3n) is 4.25. The summed E-state index contributed by atoms with van der Waals surface area (Å²) in [6.45, 7) is 8.09. The fourth-order valence-electron chi connectivity index (χ4n) is 3.03. The molecule has 1 aromatic carbocycles. The van der Waals surface area contributed by atoms with E-state index in [1.54, 1.807) is 32.1 Å². The van der Waals surface area contributed by atoms with Crippen molar-refractivity contribution in [2.75, 3.05) is 18.4 Å². The Morgan fingerprint density at radius 2 is 1.84 bits per heavy atom. The summed E-state index contributed by atoms with van der Waals surface area (Å²) >= 11 is 0. The van der Waals surface area contributed by atoms with Crippen molar-refractivity contribution in [3.8, 4) is 5.75 Å². The van der Waals surface area contributed by atoms with Gasteiger partial charge in [0.05, 0.1) is 11.0 Å². The van der Waals surface area contributed by atoms with Gasteiger partial charge in [-0.2, -0.15) is 0 Å². The van der Waals surface area contributed by atoms with E-state index in [0.717, 1.165) is 6.42 Å². The van der Waals surface area contributed by atoms with Crippen LogP contribution in [0.3, 0.4) is 0 Å². The second kappa shape index (κ2) is 9.05. The van der Waals surface area contributed by atoms with Crippen molar-refractivity contribution in [1.82, 2.24) is 24.9 Å². The molecule has 174 valence electrons. The zero-order valence-electron chi connectivity index (χ0n) is 18.2. The number of unbranched alkanes of at least 4 members (excludes halogenated alkanes) is 1. The summed E-state index contributed by atoms with van der Waals surface area (Å²) in [6.07, 6.45) is -3.81. The molecule has 32 heavy (non-hydrogen) atoms. The molecule has 0 atom stereocenters. The van der Waals surface area contributed by atoms with Crippen molar-refractivity contribution in [2.45, 2.75) is 52.5 Å². The molecule has 0 radical (unpaired) electrons. The number of nitrogens with zero attached hydrogens (tertiary/aromatic N) is 4. The summed E-state index contributed by atoms with van der Waals surface area (Å²) in [5.41, 5.74) is 0.709. The normalized spacial score (nSPS) is 12.2. The van der Waals surface area contributed by atoms with Gasteiger partial charge in [0.25, 0.3) is 0 Å². The number of carbonyl (C=O) groups excluding carboxylic acids is 1. The Labute approximate surface area is 182 Å². The highest BCUT2D eigenvalue weighted by atomic mass is 19.4. The van der Waals surface area contributed by atoms with Crippen LogP contribution >= 0.6 is 0 Å². The maximum absolute atomic E-state index is 12.6. The standard InChI is InChI=1S/C20H25F3N6O3/c1-12-27-28-17-16(24-9-5-6-10-25-18(30)32-19(2,3)4)26-14-8-7-13(31-20(21,22)23)11-15(14)29(12)17/h7-8,11H,5-6,9-10H2,1-4H3,(H,24,26)(H,25,30). The molecule has 9 nitrogen and oxygen atoms in total. The first-order valence-electron chi connectivity index (χ1n) is 10.0. The van der Waals surface area contributed by atoms with E-state index in [-0.39, 0.29) is 5.75 Å². The number of rotatable bonds is 7. The van der Waals surface area contributed by atoms with E-state index in [9.17, 15) is 18.0 Å². The maximum atomic E-state index is 12.6. The molecule has 0 aliphatic carbocycles. The van der Waals surface area contributed by atoms with E-state index in [0.29, 0.717) is 47.8 Å². The predicted octanol–water partition coefficient (Wildman–Crippen LogP) is 4.20. The van der Waals surface area contributed by atoms with E-state index in [1.807, 2.05) is 0 Å². The number of halogens is 3. The van der Waals surface area contributed by atoms with Crippen LogP contribution < -0.4 is 15.4 Å². The maximum Gasteiger partial charge on any atom is 0.573 e. The fraction of sp³-hybridized carbons (Fsp3) is 0.500. The van der Waals surface area contributed by atoms with Gasteiger partial charge < -0.3 is 20.1 Å². The third-order valence-corrected chi connectivity index (χ3v) is 4.25. The molecule has 1 amide bonds. The molecule has 3 aromatic rings. The molecule has 0 aliphatic rings. The smallest absolute Gasteiger partial charge is 0.444 e. The Hall–Kier alpha value is -3.31. The van der Waals surface area contributed by atoms with Gasteiger partial charge in [-0.1, -0.05) is 0 Å². The Kier molecular flexibility index (Phi) is 6.60. The number of aromatic nitrogens is 4. The van der Waals surface area contributed by atoms with Gasteiger partial charge in [-0.3, -0.25) is 4.40 Å². The Balaban J connectivity index is 1.66. The van der Waals surface area contributed by atoms with Gasteiger partial charge in [0.15, 0.2) is 5.82 Å². The highest BCUT2D eigenvalue weighted by Crippen LogP contribution is 2.28. The van der Waals surface area contributed by atoms with Crippen LogP contribution in [0.1, 0.15) is 39.4 Å². The quantitative estimate of drug-likeness (QED) is 0.516. The minimum Gasteiger partial charge on any atom is -0.444 e. The van der Waals surface area contributed by atoms with E-state index < -0.39 is 18.1 Å². The van der Waals surface area contributed by atoms with Crippen molar-refractivity contribution in [2.24, 2.45) is 0 Å². The van der Waals surface area contributed by atoms with Crippen molar-refractivity contribution in [1.29, 1.82) is 0 Å². The number of alkyl carbamates (subject to hydrolysis) is 1. The molecule has 0 saturated carbocycles. The number of nitrogens with one attached hydrogen (secondary N) is 2. The number of aryl methyl sites for hydroxylation is 1. The first kappa shape index (κ1) is 23.4. The van der Waals surface area contributed by atoms with Crippen molar-refractivity contribution in [3.63, 3.8) is 0 Å². The molecule has 0 unspecified atom stereocenters. The monoisotopic (exact) mass is 454 g/mol. The summed E-state index contributed by atoms with van der Waals surface area (Å²) in [5.74, 6) is 0.614. The first-order valence-corrected chi connectivity index (χ1v) is 10.0. The van der Waals surface area contributed by atoms with Crippen LogP contribution in [0.2, 0.25) is 0 Å². The molecule has 0 saturated heterocycles. The molecule has 0 bridgehead atoms. The summed E-state index contributed by atoms with van der Waals surface area (Å²) < 4.78 is 48.5. The summed E-state index contributed by atoms with van der Waals surface area (Å²) in [4.78, 5) is 16.1. The molecule has 2 heterocycles. The summed E-state index contributed by atoms with van der Waals surface area (Å²) in [6, 6.07) is 3.91. The van der Waals surface area contributed by atoms with Crippen LogP contribution in [0.25, 0.3) is 16.7 Å². The number of hydrogen-bond acceptors (Lipinski definition) is 7. The van der Waals surface area contributed by atoms with Crippen LogP contribution in [-0.4, -0.2) is 50.7 Å². The second-order valence-electron chi connectivity index (χ2n) is 8.13. The molecule has 0 aliphatic heterocycles. The van der Waals surface area contributed by atoms with Crippen LogP contribution in [0, 0.1) is 6.92 Å². The van der Waals surface area contributed by atoms with Gasteiger partial charge in [0, 0.05) is 19.2 Å². The first-order chi connectivity index (χ1) is 14.9. The van der Waals surface area contributed by atoms with E-state index in [4.69, 9.17) is 4.74 Å². The van der Waals surface area contributed by atoms with Crippen LogP contribution in [-0.2, 0) is 4.74 Å². The molecule has 0 fully saturated rings. The van der Waals surface area contributed by atoms with E-state index in [2.05, 4.69) is 30.6 Å². The van der Waals surface area contributed by atoms with Crippen LogP contribution in [0.5, 0.6) is 5.75 Å². The third kappa shape index (κ3) is 6.11. The summed E-state index contributed by atoms with van der Waals surface area (Å²) in [5, 5.41) is 14.0. The lowest BCUT2D eigenvalue weighted by molar-refractivity contribution is -0.274. The van der Waals surface area contributed by atoms with Crippen molar-refractivity contribution >= 4 is 28.6 Å². The minimum atomic E-state index is -4.79. The van der Waals surface area contributed by atoms with Crippen LogP contribution in [0.4, 0.5) is 23.8 Å². The molecule has 12 heteroatoms. The molecule has 0 spiro atoms. The van der Waals surface area contributed by atoms with Gasteiger partial charge in [-0.05, 0) is 52.7 Å². The van der Waals surface area contributed by atoms with E-state index in [1.165, 1.54) is 18.2 Å². The topological polar surface area (TPSA) is 103 Å². The number of carbonyl (C=O) groups is 1. The average molecular weight is 454 g/mol. The zero-order valence-corrected chi connectivity index (χ0v) is 18.2. The highest BCUT2D eigenvalue weighted by Gasteiger charge is 2.31. The largest absolute Gasteiger partial charge is 0.573 e. The number of fused-ring (bicyclic) bond motifs is 3. The molecular formula is C20H25F3N6O3. The molecule has 3 rings (SSSR count). The number of benzene rings is 1. The van der Waals surface area contributed by atoms with Gasteiger partial charge in [0.1, 0.15) is 17.2 Å². The van der Waals surface area contributed by atoms with Gasteiger partial charge in [0.2, 0.25) is 5.65 Å². The fourth-order valence-corrected chi connectivity index (χ4v) is 3.03. The molecule has 2 N–H and O–H groups in total. The average Bonchev–Trinajstić information content (AvgIpc) is 3.04. The minimum absolute atomic E-state index is 0.348. The van der Waals surface area contributed by atoms with Gasteiger partial charge in [-0.25, -0.2) is 9.78 Å². The SMILES string of the molecule is Cc1nnc2c(NCCCCNC(=O)OC(C)(C)C)nc3ccc(OC(F)(F)F)cc3n12. The lowest BCUT2D eigenvalue weighted by Gasteiger charge is -2.19. The lowest BCUT2D eigenvalue weighted by atomic mass is 10.2. The number of hydrogen-bond donors (Lipinski definition) is 2. The van der Waals surface area contributed by atoms with E-state index >= 15 is 0 Å². The van der Waals surface area contributed by atoms with Gasteiger partial charge in [-0.15, -0.1) is 23.4 Å². The molecular weight excluding hydrogens is 429 g/mol. The highest BCUT2D eigenvalue weighted by molar-refractivity contribution is 5.84. The number of anilines is 1. The number of amides is 1. The Morgan fingerprint density at radius 3 is 2.53 bits per heavy atom. The lowest BCUT2D eigenvalue weighted by Crippen LogP contribution is -2.33. The van der Waals surface area contributed by atoms with Crippen molar-refractivity contribution < 1.29 is 27.4 Å². The second-order valence-corrected chi connectivity index (χ2v) is 8.13. The Morgan fingerprint density at radius 1 is 1.12 bits per heavy atom. The Bertz CT molecular complexity index is 1110. The summed E-state index contributed by atoms with van der Waals surface area (Å²) in [7, 11) is 0. The number of ether oxygens (including phenoxy) is 2. The van der Waals surface area contributed by atoms with Crippen LogP contribution in [0.15, 0.2) is 18.2 Å². The molecule has 2 aromatic heterocycles.